The fraction of sp³-hybridized carbons (Fsp3) is 0. The van der Waals surface area contributed by atoms with Crippen molar-refractivity contribution in [1.82, 2.24) is 3.97 Å². The van der Waals surface area contributed by atoms with Crippen LogP contribution in [-0.4, -0.2) is 30.1 Å². The van der Waals surface area contributed by atoms with Crippen molar-refractivity contribution in [2.24, 2.45) is 0 Å². The molecule has 0 saturated heterocycles. The summed E-state index contributed by atoms with van der Waals surface area (Å²) in [6.45, 7) is 0. The zero-order valence-corrected chi connectivity index (χ0v) is 11.3. The summed E-state index contributed by atoms with van der Waals surface area (Å²) in [4.78, 5) is 0.305. The van der Waals surface area contributed by atoms with E-state index in [1.165, 1.54) is 3.97 Å². The van der Waals surface area contributed by atoms with Gasteiger partial charge in [0.15, 0.2) is 0 Å². The Bertz CT molecular complexity index is 838. The molecule has 5 heteroatoms. The molecule has 1 aromatic heterocycles. The molecule has 0 bridgehead atoms. The predicted molar refractivity (Wildman–Crippen MR) is 76.4 cm³/mol. The van der Waals surface area contributed by atoms with Gasteiger partial charge in [-0.15, -0.1) is 0 Å². The first-order valence-electron chi connectivity index (χ1n) is 5.98. The summed E-state index contributed by atoms with van der Waals surface area (Å²) < 4.78 is 27.5. The van der Waals surface area contributed by atoms with E-state index in [0.29, 0.717) is 14.8 Å². The predicted octanol–water partition coefficient (Wildman–Crippen LogP) is 1.67. The Labute approximate surface area is 121 Å². The van der Waals surface area contributed by atoms with Gasteiger partial charge in [-0.05, 0) is 0 Å². The molecule has 0 radical (unpaired) electrons. The monoisotopic (exact) mass is 263 g/mol. The standard InChI is InChI=1S/C14H10NO2S.Li/c16-18(17,13-7-2-1-3-8-13)15-11-10-12-6-4-5-9-14(12)15;/h1-10H;. The number of para-hydroxylation sites is 1. The fourth-order valence-corrected chi connectivity index (χ4v) is 3.85. The molecule has 90 valence electrons. The second-order valence-electron chi connectivity index (χ2n) is 4.43. The van der Waals surface area contributed by atoms with E-state index in [1.54, 1.807) is 48.0 Å². The average Bonchev–Trinajstić information content (AvgIpc) is 2.76. The van der Waals surface area contributed by atoms with Gasteiger partial charge in [0.1, 0.15) is 0 Å². The van der Waals surface area contributed by atoms with Crippen LogP contribution in [0.25, 0.3) is 10.9 Å². The first kappa shape index (κ1) is 12.6. The van der Waals surface area contributed by atoms with Crippen molar-refractivity contribution < 1.29 is 8.42 Å². The van der Waals surface area contributed by atoms with Gasteiger partial charge in [0.25, 0.3) is 0 Å². The van der Waals surface area contributed by atoms with Gasteiger partial charge < -0.3 is 0 Å². The Morgan fingerprint density at radius 1 is 0.895 bits per heavy atom. The van der Waals surface area contributed by atoms with E-state index in [9.17, 15) is 8.42 Å². The molecule has 3 nitrogen and oxygen atoms in total. The second-order valence-corrected chi connectivity index (χ2v) is 6.21. The van der Waals surface area contributed by atoms with Crippen LogP contribution in [0.3, 0.4) is 0 Å². The van der Waals surface area contributed by atoms with Gasteiger partial charge in [-0.3, -0.25) is 0 Å². The van der Waals surface area contributed by atoms with Crippen LogP contribution >= 0.6 is 0 Å². The molecule has 0 spiro atoms. The van der Waals surface area contributed by atoms with Crippen LogP contribution in [0.4, 0.5) is 0 Å². The molecule has 0 atom stereocenters. The van der Waals surface area contributed by atoms with Crippen LogP contribution in [0.15, 0.2) is 65.6 Å². The van der Waals surface area contributed by atoms with Crippen molar-refractivity contribution >= 4 is 43.0 Å². The first-order chi connectivity index (χ1) is 9.10. The molecular formula is C14H10LiNO2S. The third kappa shape index (κ3) is 2.02. The molecule has 1 heterocycles. The topological polar surface area (TPSA) is 39.1 Å². The van der Waals surface area contributed by atoms with Gasteiger partial charge >= 0.3 is 121 Å². The third-order valence-electron chi connectivity index (χ3n) is 3.12. The van der Waals surface area contributed by atoms with Crippen LogP contribution in [0, 0.1) is 0 Å². The minimum absolute atomic E-state index is 0.305. The Hall–Kier alpha value is -1.47. The molecule has 0 aliphatic carbocycles. The number of benzene rings is 2. The zero-order chi connectivity index (χ0) is 13.5. The molecule has 2 aromatic carbocycles. The summed E-state index contributed by atoms with van der Waals surface area (Å²) in [6.07, 6.45) is 0. The molecule has 0 aliphatic rings. The SMILES string of the molecule is [Li][c]1cc2ccccc2n1S(=O)(=O)c1ccccc1. The van der Waals surface area contributed by atoms with E-state index < -0.39 is 10.0 Å². The molecular weight excluding hydrogens is 253 g/mol. The van der Waals surface area contributed by atoms with Gasteiger partial charge in [0.2, 0.25) is 0 Å². The van der Waals surface area contributed by atoms with Crippen molar-refractivity contribution in [2.75, 3.05) is 0 Å². The van der Waals surface area contributed by atoms with Crippen molar-refractivity contribution in [2.45, 2.75) is 4.90 Å². The number of hydrogen-bond acceptors (Lipinski definition) is 2. The Morgan fingerprint density at radius 3 is 2.26 bits per heavy atom. The van der Waals surface area contributed by atoms with E-state index in [1.807, 2.05) is 30.3 Å². The van der Waals surface area contributed by atoms with Gasteiger partial charge in [0.05, 0.1) is 0 Å². The van der Waals surface area contributed by atoms with Crippen molar-refractivity contribution in [3.8, 4) is 0 Å². The van der Waals surface area contributed by atoms with E-state index in [4.69, 9.17) is 0 Å². The van der Waals surface area contributed by atoms with Crippen molar-refractivity contribution in [3.63, 3.8) is 0 Å². The van der Waals surface area contributed by atoms with Crippen LogP contribution in [0.5, 0.6) is 0 Å². The van der Waals surface area contributed by atoms with Crippen LogP contribution in [0.2, 0.25) is 0 Å². The maximum absolute atomic E-state index is 12.7. The molecule has 0 N–H and O–H groups in total. The summed E-state index contributed by atoms with van der Waals surface area (Å²) in [5.41, 5.74) is 0.712. The summed E-state index contributed by atoms with van der Waals surface area (Å²) in [6, 6.07) is 17.9. The Balaban J connectivity index is 2.34. The summed E-state index contributed by atoms with van der Waals surface area (Å²) in [7, 11) is -3.54. The van der Waals surface area contributed by atoms with Gasteiger partial charge in [0, 0.05) is 0 Å². The molecule has 0 fully saturated rings. The van der Waals surface area contributed by atoms with Crippen molar-refractivity contribution in [1.29, 1.82) is 0 Å². The summed E-state index contributed by atoms with van der Waals surface area (Å²) >= 11 is 1.81. The number of rotatable bonds is 2. The third-order valence-corrected chi connectivity index (χ3v) is 4.95. The normalized spacial score (nSPS) is 11.9. The van der Waals surface area contributed by atoms with E-state index in [0.717, 1.165) is 5.39 Å². The van der Waals surface area contributed by atoms with Gasteiger partial charge in [-0.1, -0.05) is 0 Å². The summed E-state index contributed by atoms with van der Waals surface area (Å²) in [5, 5.41) is 0.930. The number of fused-ring (bicyclic) bond motifs is 1. The Kier molecular flexibility index (Phi) is 3.02. The molecule has 0 aliphatic heterocycles. The first-order valence-corrected chi connectivity index (χ1v) is 7.42. The average molecular weight is 263 g/mol. The van der Waals surface area contributed by atoms with Gasteiger partial charge in [-0.2, -0.15) is 0 Å². The van der Waals surface area contributed by atoms with E-state index in [2.05, 4.69) is 0 Å². The quantitative estimate of drug-likeness (QED) is 0.660. The second kappa shape index (κ2) is 4.57. The zero-order valence-electron chi connectivity index (χ0n) is 10.4. The molecule has 3 aromatic rings. The van der Waals surface area contributed by atoms with E-state index in [-0.39, 0.29) is 0 Å². The molecule has 3 rings (SSSR count). The maximum atomic E-state index is 12.7. The fourth-order valence-electron chi connectivity index (χ4n) is 2.29. The van der Waals surface area contributed by atoms with Crippen molar-refractivity contribution in [3.05, 3.63) is 60.7 Å². The molecule has 0 unspecified atom stereocenters. The number of nitrogens with zero attached hydrogens (tertiary/aromatic N) is 1. The minimum atomic E-state index is -3.54. The van der Waals surface area contributed by atoms with Crippen LogP contribution < -0.4 is 4.37 Å². The number of hydrogen-bond donors (Lipinski definition) is 0. The van der Waals surface area contributed by atoms with Crippen LogP contribution in [0.1, 0.15) is 0 Å². The van der Waals surface area contributed by atoms with Crippen LogP contribution in [-0.2, 0) is 10.0 Å². The van der Waals surface area contributed by atoms with Gasteiger partial charge in [-0.25, -0.2) is 0 Å². The molecule has 0 saturated carbocycles. The molecule has 19 heavy (non-hydrogen) atoms. The Morgan fingerprint density at radius 2 is 1.53 bits per heavy atom. The number of aromatic nitrogens is 1. The summed E-state index contributed by atoms with van der Waals surface area (Å²) in [5.74, 6) is 0. The van der Waals surface area contributed by atoms with E-state index >= 15 is 0 Å². The molecule has 0 amide bonds.